The van der Waals surface area contributed by atoms with Crippen LogP contribution in [0.5, 0.6) is 0 Å². The first kappa shape index (κ1) is 61.5. The molecule has 0 aliphatic carbocycles. The fraction of sp³-hybridized carbons (Fsp3) is 0.400. The Morgan fingerprint density at radius 2 is 1.10 bits per heavy atom. The van der Waals surface area contributed by atoms with E-state index in [0.29, 0.717) is 6.61 Å². The predicted molar refractivity (Wildman–Crippen MR) is 165 cm³/mol. The molecule has 0 aliphatic heterocycles. The van der Waals surface area contributed by atoms with Crippen LogP contribution in [0.3, 0.4) is 0 Å². The summed E-state index contributed by atoms with van der Waals surface area (Å²) in [6.45, 7) is 37.3. The molecule has 0 saturated heterocycles. The summed E-state index contributed by atoms with van der Waals surface area (Å²) in [4.78, 5) is 13.0. The zero-order valence-corrected chi connectivity index (χ0v) is 30.6. The SMILES string of the molecule is CO[C@@H](C(=O)SC(C)(C)C)[C@H](O)[C@@H](OCc1ccccc1)[C@@H](C#CC(C)C)OCc1ccccc1.[C-]#[O+].[C-]#[O+].[C-]#[O+].[C-]#[O+].[C-]#[O+].[C-]#[O+].[Co].[Co]. The molecule has 0 amide bonds. The van der Waals surface area contributed by atoms with E-state index in [2.05, 4.69) is 51.7 Å². The molecule has 268 valence electrons. The number of aliphatic hydroxyl groups is 1. The number of aliphatic hydroxyl groups excluding tert-OH is 1. The third kappa shape index (κ3) is 32.3. The maximum atomic E-state index is 13.0. The van der Waals surface area contributed by atoms with Crippen LogP contribution < -0.4 is 0 Å². The van der Waals surface area contributed by atoms with Gasteiger partial charge in [0.15, 0.2) is 6.10 Å². The van der Waals surface area contributed by atoms with Gasteiger partial charge in [0.2, 0.25) is 5.12 Å². The van der Waals surface area contributed by atoms with Gasteiger partial charge in [-0.15, -0.1) is 0 Å². The molecular formula is C35H38Co2O11S. The van der Waals surface area contributed by atoms with Gasteiger partial charge in [0, 0.05) is 51.3 Å². The first-order valence-electron chi connectivity index (χ1n) is 13.1. The fourth-order valence-electron chi connectivity index (χ4n) is 3.27. The Morgan fingerprint density at radius 3 is 1.43 bits per heavy atom. The van der Waals surface area contributed by atoms with Crippen molar-refractivity contribution in [1.82, 2.24) is 0 Å². The molecule has 0 spiro atoms. The molecule has 0 aliphatic rings. The fourth-order valence-corrected chi connectivity index (χ4v) is 4.22. The second-order valence-corrected chi connectivity index (χ2v) is 11.4. The van der Waals surface area contributed by atoms with Crippen LogP contribution in [0, 0.1) is 57.7 Å². The minimum absolute atomic E-state index is 0. The van der Waals surface area contributed by atoms with E-state index in [9.17, 15) is 9.90 Å². The Balaban J connectivity index is -0.000000227. The molecule has 2 rings (SSSR count). The van der Waals surface area contributed by atoms with Crippen molar-refractivity contribution in [2.45, 2.75) is 77.0 Å². The van der Waals surface area contributed by atoms with Crippen molar-refractivity contribution in [3.63, 3.8) is 0 Å². The molecule has 0 aromatic heterocycles. The summed E-state index contributed by atoms with van der Waals surface area (Å²) in [5, 5.41) is 11.2. The first-order chi connectivity index (χ1) is 22.6. The average molecular weight is 785 g/mol. The van der Waals surface area contributed by atoms with Gasteiger partial charge < -0.3 is 19.3 Å². The number of hydrogen-bond acceptors (Lipinski definition) is 6. The van der Waals surface area contributed by atoms with Gasteiger partial charge in [-0.05, 0) is 11.1 Å². The summed E-state index contributed by atoms with van der Waals surface area (Å²) < 4.78 is 62.6. The molecule has 14 heteroatoms. The summed E-state index contributed by atoms with van der Waals surface area (Å²) in [7, 11) is 1.42. The third-order valence-corrected chi connectivity index (χ3v) is 5.96. The van der Waals surface area contributed by atoms with Crippen molar-refractivity contribution in [3.05, 3.63) is 112 Å². The molecule has 1 N–H and O–H groups in total. The quantitative estimate of drug-likeness (QED) is 0.190. The van der Waals surface area contributed by atoms with Gasteiger partial charge in [-0.1, -0.05) is 119 Å². The maximum absolute atomic E-state index is 13.0. The van der Waals surface area contributed by atoms with Crippen molar-refractivity contribution in [1.29, 1.82) is 0 Å². The van der Waals surface area contributed by atoms with E-state index in [0.717, 1.165) is 22.9 Å². The predicted octanol–water partition coefficient (Wildman–Crippen LogP) is 5.02. The number of carbonyl (C=O) groups is 1. The van der Waals surface area contributed by atoms with E-state index >= 15 is 0 Å². The van der Waals surface area contributed by atoms with Crippen LogP contribution in [0.4, 0.5) is 0 Å². The van der Waals surface area contributed by atoms with Gasteiger partial charge in [0.05, 0.1) is 13.2 Å². The van der Waals surface area contributed by atoms with Gasteiger partial charge in [0.25, 0.3) is 0 Å². The average Bonchev–Trinajstić information content (AvgIpc) is 3.11. The largest absolute Gasteiger partial charge is 0 e. The number of hydrogen-bond donors (Lipinski definition) is 1. The van der Waals surface area contributed by atoms with E-state index in [1.54, 1.807) is 0 Å². The topological polar surface area (TPSA) is 184 Å². The monoisotopic (exact) mass is 784 g/mol. The van der Waals surface area contributed by atoms with Crippen LogP contribution in [0.25, 0.3) is 0 Å². The van der Waals surface area contributed by atoms with E-state index in [-0.39, 0.29) is 55.9 Å². The number of benzene rings is 2. The molecule has 2 aromatic rings. The Kier molecular flexibility index (Phi) is 54.4. The van der Waals surface area contributed by atoms with Crippen LogP contribution in [-0.2, 0) is 93.7 Å². The van der Waals surface area contributed by atoms with Crippen LogP contribution in [0.1, 0.15) is 45.7 Å². The summed E-state index contributed by atoms with van der Waals surface area (Å²) in [6, 6.07) is 19.4. The second kappa shape index (κ2) is 43.3. The van der Waals surface area contributed by atoms with Crippen LogP contribution >= 0.6 is 11.8 Å². The van der Waals surface area contributed by atoms with Gasteiger partial charge in [-0.3, -0.25) is 4.79 Å². The Morgan fingerprint density at radius 1 is 0.735 bits per heavy atom. The third-order valence-electron chi connectivity index (χ3n) is 4.91. The zero-order chi connectivity index (χ0) is 37.8. The zero-order valence-electron chi connectivity index (χ0n) is 27.7. The standard InChI is InChI=1S/C29H38O5S.6CO.2Co/c1-21(2)17-18-24(33-19-22-13-9-7-10-14-22)26(34-20-23-15-11-8-12-16-23)25(30)27(32-6)28(31)35-29(3,4)5;6*1-2;;/h7-16,21,24-27,30H,19-20H2,1-6H3;;;;;;;;/t24-,25-,26+,27-;;;;;;;;/m1......../s1. The van der Waals surface area contributed by atoms with Crippen molar-refractivity contribution in [2.24, 2.45) is 5.92 Å². The first-order valence-corrected chi connectivity index (χ1v) is 13.9. The molecule has 0 unspecified atom stereocenters. The van der Waals surface area contributed by atoms with Gasteiger partial charge >= 0.3 is 67.8 Å². The Hall–Kier alpha value is -2.69. The number of rotatable bonds is 11. The van der Waals surface area contributed by atoms with Gasteiger partial charge in [-0.25, -0.2) is 0 Å². The Labute approximate surface area is 314 Å². The molecular weight excluding hydrogens is 746 g/mol. The van der Waals surface area contributed by atoms with E-state index in [1.165, 1.54) is 7.11 Å². The molecule has 0 fully saturated rings. The molecule has 0 heterocycles. The smallest absolute Gasteiger partial charge is 0 e. The normalized spacial score (nSPS) is 11.0. The molecule has 4 atom stereocenters. The second-order valence-electron chi connectivity index (χ2n) is 9.60. The molecule has 49 heavy (non-hydrogen) atoms. The van der Waals surface area contributed by atoms with E-state index in [4.69, 9.17) is 42.1 Å². The maximum Gasteiger partial charge on any atom is 0 e. The molecule has 2 aromatic carbocycles. The van der Waals surface area contributed by atoms with Crippen molar-refractivity contribution < 1.29 is 85.6 Å². The number of carbonyl (C=O) groups excluding carboxylic acids is 1. The van der Waals surface area contributed by atoms with Crippen LogP contribution in [0.2, 0.25) is 0 Å². The Bertz CT molecular complexity index is 1180. The molecule has 0 bridgehead atoms. The molecule has 11 nitrogen and oxygen atoms in total. The summed E-state index contributed by atoms with van der Waals surface area (Å²) >= 11 is 1.13. The molecule has 0 saturated carbocycles. The van der Waals surface area contributed by atoms with Crippen molar-refractivity contribution in [2.75, 3.05) is 7.11 Å². The van der Waals surface area contributed by atoms with Gasteiger partial charge in [0.1, 0.15) is 18.3 Å². The van der Waals surface area contributed by atoms with E-state index < -0.39 is 24.4 Å². The number of methoxy groups -OCH3 is 1. The minimum Gasteiger partial charge on any atom is 0 e. The van der Waals surface area contributed by atoms with Crippen LogP contribution in [-0.4, -0.2) is 46.5 Å². The van der Waals surface area contributed by atoms with Crippen molar-refractivity contribution >= 4 is 16.9 Å². The minimum atomic E-state index is -1.28. The summed E-state index contributed by atoms with van der Waals surface area (Å²) in [5.41, 5.74) is 1.91. The van der Waals surface area contributed by atoms with E-state index in [1.807, 2.05) is 95.3 Å². The van der Waals surface area contributed by atoms with Crippen LogP contribution in [0.15, 0.2) is 60.7 Å². The molecule has 2 radical (unpaired) electrons. The van der Waals surface area contributed by atoms with Crippen molar-refractivity contribution in [3.8, 4) is 11.8 Å². The summed E-state index contributed by atoms with van der Waals surface area (Å²) in [5.74, 6) is 6.38. The number of ether oxygens (including phenoxy) is 3. The van der Waals surface area contributed by atoms with Gasteiger partial charge in [-0.2, -0.15) is 0 Å². The number of thioether (sulfide) groups is 1. The summed E-state index contributed by atoms with van der Waals surface area (Å²) in [6.07, 6.45) is -4.07.